The van der Waals surface area contributed by atoms with Gasteiger partial charge in [0.15, 0.2) is 0 Å². The van der Waals surface area contributed by atoms with E-state index in [4.69, 9.17) is 0 Å². The topological polar surface area (TPSA) is 0 Å². The predicted octanol–water partition coefficient (Wildman–Crippen LogP) is 4.50. The van der Waals surface area contributed by atoms with Crippen LogP contribution in [-0.2, 0) is 0 Å². The van der Waals surface area contributed by atoms with Crippen LogP contribution >= 0.6 is 15.9 Å². The smallest absolute Gasteiger partial charge is 0.00370 e. The largest absolute Gasteiger partial charge is 0.0928 e. The van der Waals surface area contributed by atoms with Gasteiger partial charge in [-0.1, -0.05) is 40.5 Å². The predicted molar refractivity (Wildman–Crippen MR) is 67.5 cm³/mol. The molecule has 14 heavy (non-hydrogen) atoms. The molecule has 0 spiro atoms. The molecule has 0 N–H and O–H groups in total. The molecule has 0 saturated heterocycles. The van der Waals surface area contributed by atoms with Crippen molar-refractivity contribution in [1.82, 2.24) is 0 Å². The van der Waals surface area contributed by atoms with Crippen molar-refractivity contribution in [2.75, 3.05) is 5.33 Å². The van der Waals surface area contributed by atoms with Crippen LogP contribution in [-0.4, -0.2) is 5.33 Å². The van der Waals surface area contributed by atoms with Gasteiger partial charge in [-0.3, -0.25) is 0 Å². The summed E-state index contributed by atoms with van der Waals surface area (Å²) in [5.74, 6) is 0.662. The van der Waals surface area contributed by atoms with Crippen molar-refractivity contribution in [2.24, 2.45) is 0 Å². The lowest BCUT2D eigenvalue weighted by Crippen LogP contribution is -2.01. The van der Waals surface area contributed by atoms with Crippen molar-refractivity contribution in [3.63, 3.8) is 0 Å². The van der Waals surface area contributed by atoms with Crippen LogP contribution in [0.25, 0.3) is 0 Å². The van der Waals surface area contributed by atoms with Gasteiger partial charge < -0.3 is 0 Å². The minimum absolute atomic E-state index is 0.662. The molecule has 0 heterocycles. The third kappa shape index (κ3) is 2.60. The van der Waals surface area contributed by atoms with E-state index in [2.05, 4.69) is 55.8 Å². The molecule has 0 aliphatic heterocycles. The molecule has 0 aromatic heterocycles. The summed E-state index contributed by atoms with van der Waals surface area (Å²) in [6.07, 6.45) is 1.21. The van der Waals surface area contributed by atoms with Gasteiger partial charge in [0.05, 0.1) is 0 Å². The number of hydrogen-bond donors (Lipinski definition) is 0. The van der Waals surface area contributed by atoms with Crippen LogP contribution in [0, 0.1) is 20.8 Å². The maximum absolute atomic E-state index is 3.51. The number of benzene rings is 1. The van der Waals surface area contributed by atoms with Crippen molar-refractivity contribution >= 4 is 15.9 Å². The van der Waals surface area contributed by atoms with E-state index in [-0.39, 0.29) is 0 Å². The van der Waals surface area contributed by atoms with Gasteiger partial charge in [-0.15, -0.1) is 0 Å². The summed E-state index contributed by atoms with van der Waals surface area (Å²) in [5, 5.41) is 1.08. The molecular weight excluding hydrogens is 236 g/mol. The van der Waals surface area contributed by atoms with E-state index in [0.717, 1.165) is 5.33 Å². The molecule has 1 unspecified atom stereocenters. The van der Waals surface area contributed by atoms with Crippen molar-refractivity contribution in [2.45, 2.75) is 40.0 Å². The van der Waals surface area contributed by atoms with E-state index >= 15 is 0 Å². The number of alkyl halides is 1. The monoisotopic (exact) mass is 254 g/mol. The van der Waals surface area contributed by atoms with E-state index in [1.165, 1.54) is 28.7 Å². The highest BCUT2D eigenvalue weighted by atomic mass is 79.9. The van der Waals surface area contributed by atoms with E-state index in [1.807, 2.05) is 0 Å². The summed E-state index contributed by atoms with van der Waals surface area (Å²) in [5.41, 5.74) is 5.79. The highest BCUT2D eigenvalue weighted by molar-refractivity contribution is 9.09. The van der Waals surface area contributed by atoms with Crippen LogP contribution in [0.15, 0.2) is 12.1 Å². The summed E-state index contributed by atoms with van der Waals surface area (Å²) >= 11 is 3.51. The first-order valence-electron chi connectivity index (χ1n) is 5.20. The zero-order valence-electron chi connectivity index (χ0n) is 9.52. The molecule has 78 valence electrons. The van der Waals surface area contributed by atoms with Gasteiger partial charge in [0, 0.05) is 5.33 Å². The third-order valence-corrected chi connectivity index (χ3v) is 3.23. The first kappa shape index (κ1) is 11.8. The average molecular weight is 255 g/mol. The fraction of sp³-hybridized carbons (Fsp3) is 0.538. The van der Waals surface area contributed by atoms with E-state index < -0.39 is 0 Å². The molecule has 0 amide bonds. The molecular formula is C13H19Br. The Labute approximate surface area is 95.9 Å². The van der Waals surface area contributed by atoms with Crippen LogP contribution < -0.4 is 0 Å². The summed E-state index contributed by atoms with van der Waals surface area (Å²) in [7, 11) is 0. The maximum atomic E-state index is 3.51. The second-order valence-corrected chi connectivity index (χ2v) is 4.98. The standard InChI is InChI=1S/C13H19Br/c1-9-7-11(3)13(12(4)8-9)10(2)5-6-14/h7-8,10H,5-6H2,1-4H3. The molecule has 0 fully saturated rings. The van der Waals surface area contributed by atoms with Crippen molar-refractivity contribution in [1.29, 1.82) is 0 Å². The summed E-state index contributed by atoms with van der Waals surface area (Å²) in [6, 6.07) is 4.57. The van der Waals surface area contributed by atoms with Crippen LogP contribution in [0.4, 0.5) is 0 Å². The Balaban J connectivity index is 3.07. The van der Waals surface area contributed by atoms with Crippen molar-refractivity contribution in [3.8, 4) is 0 Å². The molecule has 1 heteroatoms. The lowest BCUT2D eigenvalue weighted by atomic mass is 9.89. The minimum Gasteiger partial charge on any atom is -0.0928 e. The van der Waals surface area contributed by atoms with Crippen LogP contribution in [0.5, 0.6) is 0 Å². The quantitative estimate of drug-likeness (QED) is 0.697. The second-order valence-electron chi connectivity index (χ2n) is 4.19. The molecule has 1 aromatic carbocycles. The lowest BCUT2D eigenvalue weighted by molar-refractivity contribution is 0.732. The van der Waals surface area contributed by atoms with E-state index in [0.29, 0.717) is 5.92 Å². The SMILES string of the molecule is Cc1cc(C)c(C(C)CCBr)c(C)c1. The Bertz CT molecular complexity index is 292. The molecule has 1 rings (SSSR count). The number of hydrogen-bond acceptors (Lipinski definition) is 0. The Morgan fingerprint density at radius 2 is 1.64 bits per heavy atom. The lowest BCUT2D eigenvalue weighted by Gasteiger charge is -2.17. The Morgan fingerprint density at radius 3 is 2.07 bits per heavy atom. The number of rotatable bonds is 3. The first-order valence-corrected chi connectivity index (χ1v) is 6.32. The second kappa shape index (κ2) is 4.97. The van der Waals surface area contributed by atoms with Gasteiger partial charge in [0.1, 0.15) is 0 Å². The molecule has 0 bridgehead atoms. The molecule has 0 saturated carbocycles. The molecule has 0 nitrogen and oxygen atoms in total. The molecule has 1 aromatic rings. The Morgan fingerprint density at radius 1 is 1.14 bits per heavy atom. The zero-order chi connectivity index (χ0) is 10.7. The molecule has 0 radical (unpaired) electrons. The zero-order valence-corrected chi connectivity index (χ0v) is 11.1. The molecule has 0 aliphatic rings. The van der Waals surface area contributed by atoms with E-state index in [1.54, 1.807) is 0 Å². The normalized spacial score (nSPS) is 12.9. The molecule has 0 aliphatic carbocycles. The highest BCUT2D eigenvalue weighted by Crippen LogP contribution is 2.27. The van der Waals surface area contributed by atoms with Crippen LogP contribution in [0.1, 0.15) is 41.5 Å². The van der Waals surface area contributed by atoms with Crippen molar-refractivity contribution in [3.05, 3.63) is 34.4 Å². The van der Waals surface area contributed by atoms with Gasteiger partial charge in [0.25, 0.3) is 0 Å². The highest BCUT2D eigenvalue weighted by Gasteiger charge is 2.10. The van der Waals surface area contributed by atoms with Gasteiger partial charge in [-0.2, -0.15) is 0 Å². The maximum Gasteiger partial charge on any atom is 0.00370 e. The van der Waals surface area contributed by atoms with Gasteiger partial charge >= 0.3 is 0 Å². The number of aryl methyl sites for hydroxylation is 3. The molecule has 1 atom stereocenters. The first-order chi connectivity index (χ1) is 6.56. The van der Waals surface area contributed by atoms with E-state index in [9.17, 15) is 0 Å². The van der Waals surface area contributed by atoms with Crippen molar-refractivity contribution < 1.29 is 0 Å². The fourth-order valence-corrected chi connectivity index (χ4v) is 2.96. The summed E-state index contributed by atoms with van der Waals surface area (Å²) < 4.78 is 0. The minimum atomic E-state index is 0.662. The fourth-order valence-electron chi connectivity index (χ4n) is 2.28. The third-order valence-electron chi connectivity index (χ3n) is 2.77. The average Bonchev–Trinajstić information content (AvgIpc) is 2.01. The number of halogens is 1. The van der Waals surface area contributed by atoms with Gasteiger partial charge in [-0.05, 0) is 49.8 Å². The summed E-state index contributed by atoms with van der Waals surface area (Å²) in [6.45, 7) is 8.92. The Hall–Kier alpha value is -0.300. The van der Waals surface area contributed by atoms with Gasteiger partial charge in [0.2, 0.25) is 0 Å². The Kier molecular flexibility index (Phi) is 4.18. The van der Waals surface area contributed by atoms with Gasteiger partial charge in [-0.25, -0.2) is 0 Å². The van der Waals surface area contributed by atoms with Crippen LogP contribution in [0.3, 0.4) is 0 Å². The summed E-state index contributed by atoms with van der Waals surface area (Å²) in [4.78, 5) is 0. The van der Waals surface area contributed by atoms with Crippen LogP contribution in [0.2, 0.25) is 0 Å².